The Kier molecular flexibility index (Phi) is 2.36. The molecule has 0 fully saturated rings. The zero-order valence-corrected chi connectivity index (χ0v) is 8.61. The molecule has 0 unspecified atom stereocenters. The second-order valence-electron chi connectivity index (χ2n) is 3.30. The molecule has 0 aliphatic heterocycles. The number of aromatic amines is 1. The highest BCUT2D eigenvalue weighted by Gasteiger charge is 2.09. The third-order valence-electron chi connectivity index (χ3n) is 2.32. The van der Waals surface area contributed by atoms with Gasteiger partial charge in [-0.1, -0.05) is 12.1 Å². The van der Waals surface area contributed by atoms with Crippen LogP contribution in [-0.4, -0.2) is 18.0 Å². The van der Waals surface area contributed by atoms with Crippen LogP contribution in [0.4, 0.5) is 0 Å². The maximum atomic E-state index is 11.7. The average molecular weight is 218 g/mol. The van der Waals surface area contributed by atoms with Gasteiger partial charge in [0.25, 0.3) is 11.5 Å². The van der Waals surface area contributed by atoms with Crippen LogP contribution in [0, 0.1) is 0 Å². The zero-order chi connectivity index (χ0) is 11.7. The summed E-state index contributed by atoms with van der Waals surface area (Å²) in [6, 6.07) is 6.67. The maximum absolute atomic E-state index is 11.7. The highest BCUT2D eigenvalue weighted by molar-refractivity contribution is 5.96. The molecule has 5 nitrogen and oxygen atoms in total. The van der Waals surface area contributed by atoms with Crippen LogP contribution in [0.5, 0.6) is 5.75 Å². The topological polar surface area (TPSA) is 85.2 Å². The van der Waals surface area contributed by atoms with Crippen molar-refractivity contribution in [3.05, 3.63) is 40.3 Å². The smallest absolute Gasteiger partial charge is 0.265 e. The van der Waals surface area contributed by atoms with Gasteiger partial charge in [0.1, 0.15) is 11.4 Å². The number of benzene rings is 1. The minimum Gasteiger partial charge on any atom is -0.496 e. The molecule has 0 aliphatic carbocycles. The molecule has 0 spiro atoms. The van der Waals surface area contributed by atoms with Crippen LogP contribution >= 0.6 is 0 Å². The van der Waals surface area contributed by atoms with E-state index in [4.69, 9.17) is 10.5 Å². The van der Waals surface area contributed by atoms with Crippen LogP contribution in [0.3, 0.4) is 0 Å². The number of pyridine rings is 1. The van der Waals surface area contributed by atoms with E-state index in [-0.39, 0.29) is 11.3 Å². The first-order chi connectivity index (χ1) is 7.63. The van der Waals surface area contributed by atoms with Gasteiger partial charge in [-0.2, -0.15) is 0 Å². The van der Waals surface area contributed by atoms with E-state index in [0.29, 0.717) is 16.5 Å². The third kappa shape index (κ3) is 1.52. The molecule has 1 amide bonds. The van der Waals surface area contributed by atoms with Crippen molar-refractivity contribution >= 4 is 16.7 Å². The average Bonchev–Trinajstić information content (AvgIpc) is 2.27. The van der Waals surface area contributed by atoms with Crippen molar-refractivity contribution in [1.29, 1.82) is 0 Å². The molecule has 1 heterocycles. The molecule has 2 rings (SSSR count). The molecule has 5 heteroatoms. The standard InChI is InChI=1S/C11H10N2O3/c1-16-8-4-2-3-6-5-7(10(12)14)13-11(15)9(6)8/h2-5H,1H3,(H2,12,14)(H,13,15). The van der Waals surface area contributed by atoms with Gasteiger partial charge < -0.3 is 15.5 Å². The Morgan fingerprint density at radius 2 is 2.19 bits per heavy atom. The summed E-state index contributed by atoms with van der Waals surface area (Å²) in [5, 5.41) is 1.03. The second kappa shape index (κ2) is 3.69. The van der Waals surface area contributed by atoms with E-state index >= 15 is 0 Å². The Balaban J connectivity index is 2.86. The lowest BCUT2D eigenvalue weighted by Gasteiger charge is -2.05. The predicted molar refractivity (Wildman–Crippen MR) is 59.6 cm³/mol. The fraction of sp³-hybridized carbons (Fsp3) is 0.0909. The SMILES string of the molecule is COc1cccc2cc(C(N)=O)[nH]c(=O)c12. The number of amides is 1. The normalized spacial score (nSPS) is 10.3. The van der Waals surface area contributed by atoms with E-state index < -0.39 is 5.91 Å². The van der Waals surface area contributed by atoms with Gasteiger partial charge >= 0.3 is 0 Å². The minimum absolute atomic E-state index is 0.0887. The van der Waals surface area contributed by atoms with Gasteiger partial charge in [0.2, 0.25) is 0 Å². The van der Waals surface area contributed by atoms with Crippen molar-refractivity contribution in [1.82, 2.24) is 4.98 Å². The fourth-order valence-corrected chi connectivity index (χ4v) is 1.59. The largest absolute Gasteiger partial charge is 0.496 e. The quantitative estimate of drug-likeness (QED) is 0.775. The summed E-state index contributed by atoms with van der Waals surface area (Å²) in [6.07, 6.45) is 0. The first-order valence-electron chi connectivity index (χ1n) is 4.63. The molecule has 0 radical (unpaired) electrons. The molecule has 0 aliphatic rings. The van der Waals surface area contributed by atoms with Crippen molar-refractivity contribution in [2.24, 2.45) is 5.73 Å². The first-order valence-corrected chi connectivity index (χ1v) is 4.63. The summed E-state index contributed by atoms with van der Waals surface area (Å²) in [6.45, 7) is 0. The number of ether oxygens (including phenoxy) is 1. The maximum Gasteiger partial charge on any atom is 0.265 e. The van der Waals surface area contributed by atoms with Crippen LogP contribution in [0.1, 0.15) is 10.5 Å². The summed E-state index contributed by atoms with van der Waals surface area (Å²) in [4.78, 5) is 25.1. The van der Waals surface area contributed by atoms with Crippen LogP contribution in [0.2, 0.25) is 0 Å². The van der Waals surface area contributed by atoms with Crippen molar-refractivity contribution in [2.75, 3.05) is 7.11 Å². The summed E-state index contributed by atoms with van der Waals surface area (Å²) in [7, 11) is 1.48. The Morgan fingerprint density at radius 1 is 1.44 bits per heavy atom. The van der Waals surface area contributed by atoms with Crippen molar-refractivity contribution in [2.45, 2.75) is 0 Å². The van der Waals surface area contributed by atoms with Gasteiger partial charge in [-0.3, -0.25) is 9.59 Å². The van der Waals surface area contributed by atoms with E-state index in [0.717, 1.165) is 0 Å². The number of rotatable bonds is 2. The van der Waals surface area contributed by atoms with E-state index in [1.54, 1.807) is 18.2 Å². The fourth-order valence-electron chi connectivity index (χ4n) is 1.59. The van der Waals surface area contributed by atoms with Gasteiger partial charge in [-0.15, -0.1) is 0 Å². The summed E-state index contributed by atoms with van der Waals surface area (Å²) < 4.78 is 5.07. The molecular formula is C11H10N2O3. The van der Waals surface area contributed by atoms with Crippen molar-refractivity contribution < 1.29 is 9.53 Å². The molecular weight excluding hydrogens is 208 g/mol. The highest BCUT2D eigenvalue weighted by Crippen LogP contribution is 2.21. The van der Waals surface area contributed by atoms with Gasteiger partial charge in [-0.05, 0) is 17.5 Å². The zero-order valence-electron chi connectivity index (χ0n) is 8.61. The number of nitrogens with one attached hydrogen (secondary N) is 1. The van der Waals surface area contributed by atoms with Crippen LogP contribution in [0.25, 0.3) is 10.8 Å². The minimum atomic E-state index is -0.665. The summed E-state index contributed by atoms with van der Waals surface area (Å²) in [5.41, 5.74) is 4.81. The molecule has 1 aromatic heterocycles. The summed E-state index contributed by atoms with van der Waals surface area (Å²) in [5.74, 6) is -0.198. The van der Waals surface area contributed by atoms with Crippen molar-refractivity contribution in [3.63, 3.8) is 0 Å². The number of nitrogens with two attached hydrogens (primary N) is 1. The lowest BCUT2D eigenvalue weighted by molar-refractivity contribution is 0.0995. The number of primary amides is 1. The molecule has 0 bridgehead atoms. The summed E-state index contributed by atoms with van der Waals surface area (Å²) >= 11 is 0. The molecule has 0 saturated carbocycles. The first kappa shape index (κ1) is 10.2. The number of aromatic nitrogens is 1. The molecule has 82 valence electrons. The van der Waals surface area contributed by atoms with E-state index in [2.05, 4.69) is 4.98 Å². The van der Waals surface area contributed by atoms with Gasteiger partial charge in [0.05, 0.1) is 12.5 Å². The number of hydrogen-bond acceptors (Lipinski definition) is 3. The van der Waals surface area contributed by atoms with E-state index in [1.807, 2.05) is 0 Å². The predicted octanol–water partition coefficient (Wildman–Crippen LogP) is 0.636. The van der Waals surface area contributed by atoms with Crippen LogP contribution < -0.4 is 16.0 Å². The van der Waals surface area contributed by atoms with Gasteiger partial charge in [-0.25, -0.2) is 0 Å². The Bertz CT molecular complexity index is 616. The van der Waals surface area contributed by atoms with Crippen LogP contribution in [-0.2, 0) is 0 Å². The third-order valence-corrected chi connectivity index (χ3v) is 2.32. The number of carbonyl (C=O) groups is 1. The van der Waals surface area contributed by atoms with Gasteiger partial charge in [0.15, 0.2) is 0 Å². The number of fused-ring (bicyclic) bond motifs is 1. The molecule has 3 N–H and O–H groups in total. The highest BCUT2D eigenvalue weighted by atomic mass is 16.5. The number of carbonyl (C=O) groups excluding carboxylic acids is 1. The lowest BCUT2D eigenvalue weighted by Crippen LogP contribution is -2.19. The van der Waals surface area contributed by atoms with Crippen molar-refractivity contribution in [3.8, 4) is 5.75 Å². The lowest BCUT2D eigenvalue weighted by atomic mass is 10.1. The number of methoxy groups -OCH3 is 1. The number of hydrogen-bond donors (Lipinski definition) is 2. The molecule has 0 saturated heterocycles. The Morgan fingerprint density at radius 3 is 2.81 bits per heavy atom. The monoisotopic (exact) mass is 218 g/mol. The second-order valence-corrected chi connectivity index (χ2v) is 3.30. The van der Waals surface area contributed by atoms with E-state index in [9.17, 15) is 9.59 Å². The molecule has 16 heavy (non-hydrogen) atoms. The van der Waals surface area contributed by atoms with Gasteiger partial charge in [0, 0.05) is 0 Å². The molecule has 1 aromatic carbocycles. The molecule has 2 aromatic rings. The number of H-pyrrole nitrogens is 1. The Labute approximate surface area is 90.8 Å². The Hall–Kier alpha value is -2.30. The van der Waals surface area contributed by atoms with E-state index in [1.165, 1.54) is 13.2 Å². The van der Waals surface area contributed by atoms with Crippen LogP contribution in [0.15, 0.2) is 29.1 Å². The molecule has 0 atom stereocenters.